The van der Waals surface area contributed by atoms with Crippen LogP contribution < -0.4 is 0 Å². The van der Waals surface area contributed by atoms with Crippen LogP contribution in [-0.4, -0.2) is 34.5 Å². The first-order valence-corrected chi connectivity index (χ1v) is 8.08. The standard InChI is InChI=1S/C14H26O3.C3H8O/c1-10(17-14(4,5)12(15)16)11-7-6-8-13(2,3)9-11;1-2-3-4/h10-11H,6-9H2,1-5H3,(H,15,16);4H,2-3H2,1H3. The van der Waals surface area contributed by atoms with Crippen LogP contribution in [0, 0.1) is 11.3 Å². The van der Waals surface area contributed by atoms with Crippen LogP contribution in [0.1, 0.15) is 73.6 Å². The molecule has 0 aromatic rings. The van der Waals surface area contributed by atoms with Crippen LogP contribution in [0.15, 0.2) is 0 Å². The Balaban J connectivity index is 0.000000885. The maximum atomic E-state index is 11.0. The van der Waals surface area contributed by atoms with Crippen molar-refractivity contribution in [1.82, 2.24) is 0 Å². The predicted octanol–water partition coefficient (Wildman–Crippen LogP) is 3.86. The van der Waals surface area contributed by atoms with Gasteiger partial charge in [0.25, 0.3) is 0 Å². The zero-order valence-corrected chi connectivity index (χ0v) is 14.6. The van der Waals surface area contributed by atoms with Crippen molar-refractivity contribution < 1.29 is 19.7 Å². The number of hydrogen-bond acceptors (Lipinski definition) is 3. The van der Waals surface area contributed by atoms with Gasteiger partial charge in [0, 0.05) is 6.61 Å². The SMILES string of the molecule is CC(OC(C)(C)C(=O)O)C1CCCC(C)(C)C1.CCCO. The van der Waals surface area contributed by atoms with E-state index >= 15 is 0 Å². The number of carboxylic acids is 1. The Morgan fingerprint density at radius 2 is 1.95 bits per heavy atom. The maximum Gasteiger partial charge on any atom is 0.335 e. The normalized spacial score (nSPS) is 22.9. The summed E-state index contributed by atoms with van der Waals surface area (Å²) in [5.41, 5.74) is -0.713. The summed E-state index contributed by atoms with van der Waals surface area (Å²) in [6, 6.07) is 0. The molecule has 4 nitrogen and oxygen atoms in total. The van der Waals surface area contributed by atoms with Gasteiger partial charge in [-0.05, 0) is 57.8 Å². The van der Waals surface area contributed by atoms with E-state index < -0.39 is 11.6 Å². The second kappa shape index (κ2) is 8.74. The highest BCUT2D eigenvalue weighted by molar-refractivity contribution is 5.76. The molecule has 0 spiro atoms. The van der Waals surface area contributed by atoms with E-state index in [1.165, 1.54) is 12.8 Å². The zero-order valence-electron chi connectivity index (χ0n) is 14.6. The molecule has 1 saturated carbocycles. The number of ether oxygens (including phenoxy) is 1. The van der Waals surface area contributed by atoms with Crippen molar-refractivity contribution in [2.75, 3.05) is 6.61 Å². The molecule has 1 aliphatic carbocycles. The first-order valence-electron chi connectivity index (χ1n) is 8.08. The smallest absolute Gasteiger partial charge is 0.335 e. The molecule has 0 bridgehead atoms. The lowest BCUT2D eigenvalue weighted by molar-refractivity contribution is -0.172. The summed E-state index contributed by atoms with van der Waals surface area (Å²) in [7, 11) is 0. The van der Waals surface area contributed by atoms with Crippen LogP contribution in [0.5, 0.6) is 0 Å². The Hall–Kier alpha value is -0.610. The molecule has 4 heteroatoms. The fourth-order valence-corrected chi connectivity index (χ4v) is 2.77. The van der Waals surface area contributed by atoms with Crippen LogP contribution in [0.25, 0.3) is 0 Å². The summed E-state index contributed by atoms with van der Waals surface area (Å²) in [5, 5.41) is 16.9. The molecule has 126 valence electrons. The summed E-state index contributed by atoms with van der Waals surface area (Å²) in [4.78, 5) is 11.0. The molecule has 21 heavy (non-hydrogen) atoms. The minimum atomic E-state index is -1.08. The molecule has 0 heterocycles. The fraction of sp³-hybridized carbons (Fsp3) is 0.941. The molecule has 0 radical (unpaired) electrons. The molecule has 1 rings (SSSR count). The minimum Gasteiger partial charge on any atom is -0.479 e. The highest BCUT2D eigenvalue weighted by Gasteiger charge is 2.36. The Labute approximate surface area is 129 Å². The van der Waals surface area contributed by atoms with Crippen LogP contribution in [0.4, 0.5) is 0 Å². The van der Waals surface area contributed by atoms with Gasteiger partial charge in [-0.1, -0.05) is 27.2 Å². The summed E-state index contributed by atoms with van der Waals surface area (Å²) in [6.07, 6.45) is 5.65. The second-order valence-corrected chi connectivity index (χ2v) is 7.38. The summed E-state index contributed by atoms with van der Waals surface area (Å²) in [5.74, 6) is -0.406. The largest absolute Gasteiger partial charge is 0.479 e. The van der Waals surface area contributed by atoms with Crippen molar-refractivity contribution >= 4 is 5.97 Å². The molecule has 2 atom stereocenters. The van der Waals surface area contributed by atoms with Gasteiger partial charge in [0.2, 0.25) is 0 Å². The third-order valence-corrected chi connectivity index (χ3v) is 4.13. The van der Waals surface area contributed by atoms with Gasteiger partial charge in [-0.25, -0.2) is 4.79 Å². The number of rotatable bonds is 5. The van der Waals surface area contributed by atoms with Gasteiger partial charge in [0.05, 0.1) is 6.10 Å². The molecular weight excluding hydrogens is 268 g/mol. The molecule has 1 aliphatic rings. The maximum absolute atomic E-state index is 11.0. The Kier molecular flexibility index (Phi) is 8.49. The number of aliphatic hydroxyl groups excluding tert-OH is 1. The lowest BCUT2D eigenvalue weighted by Crippen LogP contribution is -2.41. The second-order valence-electron chi connectivity index (χ2n) is 7.38. The first kappa shape index (κ1) is 20.4. The fourth-order valence-electron chi connectivity index (χ4n) is 2.77. The van der Waals surface area contributed by atoms with Crippen LogP contribution >= 0.6 is 0 Å². The number of hydrogen-bond donors (Lipinski definition) is 2. The molecule has 0 saturated heterocycles. The summed E-state index contributed by atoms with van der Waals surface area (Å²) in [6.45, 7) is 12.1. The van der Waals surface area contributed by atoms with Crippen LogP contribution in [0.3, 0.4) is 0 Å². The topological polar surface area (TPSA) is 66.8 Å². The third-order valence-electron chi connectivity index (χ3n) is 4.13. The van der Waals surface area contributed by atoms with E-state index in [0.717, 1.165) is 19.3 Å². The summed E-state index contributed by atoms with van der Waals surface area (Å²) >= 11 is 0. The molecular formula is C17H34O4. The van der Waals surface area contributed by atoms with Crippen molar-refractivity contribution in [2.24, 2.45) is 11.3 Å². The van der Waals surface area contributed by atoms with Gasteiger partial charge >= 0.3 is 5.97 Å². The lowest BCUT2D eigenvalue weighted by Gasteiger charge is -2.39. The molecule has 0 amide bonds. The highest BCUT2D eigenvalue weighted by atomic mass is 16.5. The average molecular weight is 302 g/mol. The monoisotopic (exact) mass is 302 g/mol. The minimum absolute atomic E-state index is 0.0145. The first-order chi connectivity index (χ1) is 9.55. The number of aliphatic hydroxyl groups is 1. The average Bonchev–Trinajstić information content (AvgIpc) is 2.37. The Bertz CT molecular complexity index is 308. The van der Waals surface area contributed by atoms with Gasteiger partial charge in [0.1, 0.15) is 0 Å². The zero-order chi connectivity index (χ0) is 16.7. The van der Waals surface area contributed by atoms with Crippen molar-refractivity contribution in [3.8, 4) is 0 Å². The predicted molar refractivity (Wildman–Crippen MR) is 85.4 cm³/mol. The van der Waals surface area contributed by atoms with Crippen molar-refractivity contribution in [2.45, 2.75) is 85.4 Å². The van der Waals surface area contributed by atoms with E-state index in [1.54, 1.807) is 13.8 Å². The molecule has 2 N–H and O–H groups in total. The van der Waals surface area contributed by atoms with E-state index in [-0.39, 0.29) is 6.10 Å². The van der Waals surface area contributed by atoms with E-state index in [2.05, 4.69) is 13.8 Å². The van der Waals surface area contributed by atoms with Gasteiger partial charge in [-0.3, -0.25) is 0 Å². The van der Waals surface area contributed by atoms with E-state index in [9.17, 15) is 4.79 Å². The molecule has 2 unspecified atom stereocenters. The van der Waals surface area contributed by atoms with E-state index in [4.69, 9.17) is 14.9 Å². The quantitative estimate of drug-likeness (QED) is 0.809. The molecule has 1 fully saturated rings. The van der Waals surface area contributed by atoms with Crippen molar-refractivity contribution in [3.63, 3.8) is 0 Å². The Morgan fingerprint density at radius 3 is 2.33 bits per heavy atom. The van der Waals surface area contributed by atoms with Crippen molar-refractivity contribution in [1.29, 1.82) is 0 Å². The van der Waals surface area contributed by atoms with Crippen LogP contribution in [-0.2, 0) is 9.53 Å². The van der Waals surface area contributed by atoms with Gasteiger partial charge in [0.15, 0.2) is 5.60 Å². The van der Waals surface area contributed by atoms with Gasteiger partial charge in [-0.15, -0.1) is 0 Å². The van der Waals surface area contributed by atoms with Crippen molar-refractivity contribution in [3.05, 3.63) is 0 Å². The molecule has 0 aromatic carbocycles. The van der Waals surface area contributed by atoms with Gasteiger partial charge in [-0.2, -0.15) is 0 Å². The van der Waals surface area contributed by atoms with E-state index in [0.29, 0.717) is 17.9 Å². The Morgan fingerprint density at radius 1 is 1.43 bits per heavy atom. The van der Waals surface area contributed by atoms with Crippen LogP contribution in [0.2, 0.25) is 0 Å². The molecule has 0 aromatic heterocycles. The number of carboxylic acid groups (broad SMARTS) is 1. The lowest BCUT2D eigenvalue weighted by atomic mass is 9.70. The number of carbonyl (C=O) groups is 1. The molecule has 0 aliphatic heterocycles. The number of aliphatic carboxylic acids is 1. The third kappa shape index (κ3) is 7.82. The summed E-state index contributed by atoms with van der Waals surface area (Å²) < 4.78 is 5.73. The van der Waals surface area contributed by atoms with E-state index in [1.807, 2.05) is 13.8 Å². The van der Waals surface area contributed by atoms with Gasteiger partial charge < -0.3 is 14.9 Å². The highest BCUT2D eigenvalue weighted by Crippen LogP contribution is 2.41.